The minimum absolute atomic E-state index is 0.406. The highest BCUT2D eigenvalue weighted by Gasteiger charge is 2.20. The number of rotatable bonds is 2. The van der Waals surface area contributed by atoms with Crippen molar-refractivity contribution in [2.24, 2.45) is 0 Å². The van der Waals surface area contributed by atoms with Crippen LogP contribution in [0.5, 0.6) is 0 Å². The number of anilines is 3. The summed E-state index contributed by atoms with van der Waals surface area (Å²) in [5.41, 5.74) is 7.07. The van der Waals surface area contributed by atoms with Gasteiger partial charge in [-0.15, -0.1) is 0 Å². The number of hydrogen-bond acceptors (Lipinski definition) is 4. The maximum Gasteiger partial charge on any atom is 0.333 e. The molecule has 0 bridgehead atoms. The third kappa shape index (κ3) is 3.11. The van der Waals surface area contributed by atoms with E-state index >= 15 is 0 Å². The lowest BCUT2D eigenvalue weighted by Gasteiger charge is -2.20. The monoisotopic (exact) mass is 270 g/mol. The summed E-state index contributed by atoms with van der Waals surface area (Å²) in [6.07, 6.45) is 3.09. The first-order chi connectivity index (χ1) is 9.58. The fourth-order valence-electron chi connectivity index (χ4n) is 1.72. The molecule has 1 aromatic heterocycles. The number of carbonyl (C=O) groups excluding carboxylic acids is 2. The zero-order valence-corrected chi connectivity index (χ0v) is 10.9. The molecule has 1 aromatic carbocycles. The molecule has 6 nitrogen and oxygen atoms in total. The zero-order chi connectivity index (χ0) is 14.5. The Morgan fingerprint density at radius 2 is 2.05 bits per heavy atom. The van der Waals surface area contributed by atoms with Gasteiger partial charge in [0.15, 0.2) is 0 Å². The first-order valence-corrected chi connectivity index (χ1v) is 5.95. The van der Waals surface area contributed by atoms with Gasteiger partial charge in [0.1, 0.15) is 0 Å². The Morgan fingerprint density at radius 3 is 2.65 bits per heavy atom. The summed E-state index contributed by atoms with van der Waals surface area (Å²) in [7, 11) is 0. The van der Waals surface area contributed by atoms with Gasteiger partial charge in [-0.05, 0) is 30.3 Å². The molecule has 0 atom stereocenters. The van der Waals surface area contributed by atoms with Gasteiger partial charge in [-0.3, -0.25) is 9.78 Å². The Balaban J connectivity index is 2.25. The number of benzene rings is 1. The van der Waals surface area contributed by atoms with E-state index in [1.807, 2.05) is 0 Å². The largest absolute Gasteiger partial charge is 0.399 e. The molecule has 0 aliphatic rings. The molecular formula is C14H14N4O2. The summed E-state index contributed by atoms with van der Waals surface area (Å²) in [5.74, 6) is -0.406. The summed E-state index contributed by atoms with van der Waals surface area (Å²) >= 11 is 0. The van der Waals surface area contributed by atoms with Crippen LogP contribution in [0.25, 0.3) is 0 Å². The first-order valence-electron chi connectivity index (χ1n) is 5.95. The van der Waals surface area contributed by atoms with Crippen molar-refractivity contribution in [1.29, 1.82) is 0 Å². The molecule has 0 saturated carbocycles. The molecule has 0 aliphatic carbocycles. The van der Waals surface area contributed by atoms with E-state index < -0.39 is 11.9 Å². The number of aromatic nitrogens is 1. The minimum Gasteiger partial charge on any atom is -0.399 e. The second-order valence-corrected chi connectivity index (χ2v) is 4.12. The van der Waals surface area contributed by atoms with Crippen LogP contribution in [0.2, 0.25) is 0 Å². The van der Waals surface area contributed by atoms with Gasteiger partial charge in [-0.1, -0.05) is 6.07 Å². The molecule has 6 heteroatoms. The van der Waals surface area contributed by atoms with E-state index in [9.17, 15) is 9.59 Å². The Hall–Kier alpha value is -2.89. The van der Waals surface area contributed by atoms with Gasteiger partial charge < -0.3 is 11.1 Å². The standard InChI is InChI=1S/C14H14N4O2/c1-10(19)18(13-6-2-4-11(15)8-13)14(20)17-12-5-3-7-16-9-12/h2-9H,15H2,1H3,(H,17,20). The van der Waals surface area contributed by atoms with Crippen molar-refractivity contribution in [2.45, 2.75) is 6.92 Å². The summed E-state index contributed by atoms with van der Waals surface area (Å²) in [6.45, 7) is 1.31. The SMILES string of the molecule is CC(=O)N(C(=O)Nc1cccnc1)c1cccc(N)c1. The lowest BCUT2D eigenvalue weighted by atomic mass is 10.2. The van der Waals surface area contributed by atoms with Crippen LogP contribution in [0.15, 0.2) is 48.8 Å². The molecule has 0 fully saturated rings. The molecule has 0 saturated heterocycles. The van der Waals surface area contributed by atoms with Crippen LogP contribution in [0.1, 0.15) is 6.92 Å². The van der Waals surface area contributed by atoms with Crippen molar-refractivity contribution in [3.8, 4) is 0 Å². The molecule has 102 valence electrons. The van der Waals surface area contributed by atoms with Crippen molar-refractivity contribution in [3.05, 3.63) is 48.8 Å². The number of nitrogen functional groups attached to an aromatic ring is 1. The number of nitrogens with one attached hydrogen (secondary N) is 1. The Kier molecular flexibility index (Phi) is 3.95. The van der Waals surface area contributed by atoms with Crippen LogP contribution < -0.4 is 16.0 Å². The van der Waals surface area contributed by atoms with Gasteiger partial charge in [0.2, 0.25) is 5.91 Å². The highest BCUT2D eigenvalue weighted by Crippen LogP contribution is 2.19. The van der Waals surface area contributed by atoms with Crippen molar-refractivity contribution in [3.63, 3.8) is 0 Å². The number of hydrogen-bond donors (Lipinski definition) is 2. The second kappa shape index (κ2) is 5.83. The zero-order valence-electron chi connectivity index (χ0n) is 10.9. The molecule has 2 aromatic rings. The van der Waals surface area contributed by atoms with Crippen LogP contribution in [-0.4, -0.2) is 16.9 Å². The van der Waals surface area contributed by atoms with Crippen molar-refractivity contribution in [2.75, 3.05) is 16.0 Å². The highest BCUT2D eigenvalue weighted by atomic mass is 16.2. The van der Waals surface area contributed by atoms with Gasteiger partial charge in [0, 0.05) is 18.8 Å². The Morgan fingerprint density at radius 1 is 1.25 bits per heavy atom. The van der Waals surface area contributed by atoms with Gasteiger partial charge >= 0.3 is 6.03 Å². The highest BCUT2D eigenvalue weighted by molar-refractivity contribution is 6.17. The van der Waals surface area contributed by atoms with Crippen LogP contribution in [0.4, 0.5) is 21.9 Å². The number of carbonyl (C=O) groups is 2. The van der Waals surface area contributed by atoms with E-state index in [0.717, 1.165) is 4.90 Å². The van der Waals surface area contributed by atoms with E-state index in [1.165, 1.54) is 13.1 Å². The van der Waals surface area contributed by atoms with Crippen molar-refractivity contribution in [1.82, 2.24) is 4.98 Å². The fourth-order valence-corrected chi connectivity index (χ4v) is 1.72. The average molecular weight is 270 g/mol. The predicted octanol–water partition coefficient (Wildman–Crippen LogP) is 2.25. The molecule has 3 N–H and O–H groups in total. The number of urea groups is 1. The quantitative estimate of drug-likeness (QED) is 0.819. The third-order valence-corrected chi connectivity index (χ3v) is 2.56. The van der Waals surface area contributed by atoms with Gasteiger partial charge in [0.25, 0.3) is 0 Å². The van der Waals surface area contributed by atoms with E-state index in [4.69, 9.17) is 5.73 Å². The molecular weight excluding hydrogens is 256 g/mol. The van der Waals surface area contributed by atoms with Gasteiger partial charge in [-0.2, -0.15) is 0 Å². The van der Waals surface area contributed by atoms with Crippen molar-refractivity contribution < 1.29 is 9.59 Å². The summed E-state index contributed by atoms with van der Waals surface area (Å²) in [4.78, 5) is 28.8. The van der Waals surface area contributed by atoms with Gasteiger partial charge in [-0.25, -0.2) is 9.69 Å². The lowest BCUT2D eigenvalue weighted by Crippen LogP contribution is -2.38. The topological polar surface area (TPSA) is 88.3 Å². The number of imide groups is 1. The molecule has 2 rings (SSSR count). The number of nitrogens with zero attached hydrogens (tertiary/aromatic N) is 2. The average Bonchev–Trinajstić information content (AvgIpc) is 2.39. The molecule has 20 heavy (non-hydrogen) atoms. The van der Waals surface area contributed by atoms with Crippen LogP contribution in [-0.2, 0) is 4.79 Å². The molecule has 0 unspecified atom stereocenters. The number of nitrogens with two attached hydrogens (primary N) is 1. The first kappa shape index (κ1) is 13.5. The maximum atomic E-state index is 12.2. The van der Waals surface area contributed by atoms with Crippen molar-refractivity contribution >= 4 is 29.0 Å². The van der Waals surface area contributed by atoms with E-state index in [2.05, 4.69) is 10.3 Å². The third-order valence-electron chi connectivity index (χ3n) is 2.56. The van der Waals surface area contributed by atoms with Crippen LogP contribution in [0.3, 0.4) is 0 Å². The molecule has 0 aliphatic heterocycles. The van der Waals surface area contributed by atoms with E-state index in [-0.39, 0.29) is 0 Å². The van der Waals surface area contributed by atoms with Crippen LogP contribution in [0, 0.1) is 0 Å². The smallest absolute Gasteiger partial charge is 0.333 e. The minimum atomic E-state index is -0.559. The summed E-state index contributed by atoms with van der Waals surface area (Å²) < 4.78 is 0. The summed E-state index contributed by atoms with van der Waals surface area (Å²) in [5, 5.41) is 2.60. The van der Waals surface area contributed by atoms with E-state index in [1.54, 1.807) is 42.6 Å². The Labute approximate surface area is 116 Å². The molecule has 0 spiro atoms. The Bertz CT molecular complexity index is 628. The predicted molar refractivity (Wildman–Crippen MR) is 77.3 cm³/mol. The molecule has 1 heterocycles. The second-order valence-electron chi connectivity index (χ2n) is 4.12. The number of pyridine rings is 1. The lowest BCUT2D eigenvalue weighted by molar-refractivity contribution is -0.115. The molecule has 3 amide bonds. The van der Waals surface area contributed by atoms with Gasteiger partial charge in [0.05, 0.1) is 17.6 Å². The van der Waals surface area contributed by atoms with Crippen LogP contribution >= 0.6 is 0 Å². The fraction of sp³-hybridized carbons (Fsp3) is 0.0714. The normalized spacial score (nSPS) is 9.85. The van der Waals surface area contributed by atoms with E-state index in [0.29, 0.717) is 17.1 Å². The molecule has 0 radical (unpaired) electrons. The maximum absolute atomic E-state index is 12.2. The number of amides is 3. The summed E-state index contributed by atoms with van der Waals surface area (Å²) in [6, 6.07) is 9.37.